The van der Waals surface area contributed by atoms with E-state index < -0.39 is 5.97 Å². The average molecular weight is 226 g/mol. The van der Waals surface area contributed by atoms with Gasteiger partial charge in [0.1, 0.15) is 6.54 Å². The number of nitrogens with zero attached hydrogens (tertiary/aromatic N) is 2. The molecule has 0 unspecified atom stereocenters. The lowest BCUT2D eigenvalue weighted by molar-refractivity contribution is -0.137. The molecule has 1 aromatic carbocycles. The Kier molecular flexibility index (Phi) is 2.24. The van der Waals surface area contributed by atoms with Crippen LogP contribution in [-0.2, 0) is 11.3 Å². The fourth-order valence-electron chi connectivity index (χ4n) is 1.42. The highest BCUT2D eigenvalue weighted by Crippen LogP contribution is 2.21. The maximum absolute atomic E-state index is 10.6. The molecule has 0 bridgehead atoms. The number of carboxylic acids is 1. The van der Waals surface area contributed by atoms with Crippen molar-refractivity contribution in [3.63, 3.8) is 0 Å². The van der Waals surface area contributed by atoms with Crippen molar-refractivity contribution >= 4 is 34.6 Å². The maximum Gasteiger partial charge on any atom is 0.323 e. The molecule has 0 fully saturated rings. The van der Waals surface area contributed by atoms with Gasteiger partial charge in [-0.3, -0.25) is 9.36 Å². The monoisotopic (exact) mass is 225 g/mol. The summed E-state index contributed by atoms with van der Waals surface area (Å²) in [6.07, 6.45) is 0. The van der Waals surface area contributed by atoms with E-state index in [1.165, 1.54) is 4.57 Å². The average Bonchev–Trinajstić information content (AvgIpc) is 2.41. The number of halogens is 1. The highest BCUT2D eigenvalue weighted by Gasteiger charge is 2.10. The van der Waals surface area contributed by atoms with Crippen molar-refractivity contribution in [3.05, 3.63) is 23.2 Å². The molecule has 0 aliphatic carbocycles. The Bertz CT molecular complexity index is 535. The molecule has 0 atom stereocenters. The third-order valence-electron chi connectivity index (χ3n) is 2.03. The van der Waals surface area contributed by atoms with Gasteiger partial charge in [-0.2, -0.15) is 0 Å². The maximum atomic E-state index is 10.6. The highest BCUT2D eigenvalue weighted by atomic mass is 35.5. The second-order valence-electron chi connectivity index (χ2n) is 3.08. The summed E-state index contributed by atoms with van der Waals surface area (Å²) in [7, 11) is 0. The first-order valence-electron chi connectivity index (χ1n) is 4.21. The molecule has 78 valence electrons. The van der Waals surface area contributed by atoms with Gasteiger partial charge < -0.3 is 10.8 Å². The minimum atomic E-state index is -0.962. The van der Waals surface area contributed by atoms with Crippen LogP contribution in [0.2, 0.25) is 5.02 Å². The Hall–Kier alpha value is -1.75. The molecular formula is C9H8ClN3O2. The number of aromatic nitrogens is 2. The summed E-state index contributed by atoms with van der Waals surface area (Å²) >= 11 is 5.78. The topological polar surface area (TPSA) is 81.1 Å². The predicted molar refractivity (Wildman–Crippen MR) is 56.8 cm³/mol. The Labute approximate surface area is 90.1 Å². The number of carboxylic acid groups (broad SMARTS) is 1. The van der Waals surface area contributed by atoms with Crippen molar-refractivity contribution < 1.29 is 9.90 Å². The summed E-state index contributed by atoms with van der Waals surface area (Å²) in [6.45, 7) is -0.204. The smallest absolute Gasteiger partial charge is 0.323 e. The molecule has 0 aliphatic rings. The third kappa shape index (κ3) is 1.73. The van der Waals surface area contributed by atoms with E-state index in [1.54, 1.807) is 18.2 Å². The van der Waals surface area contributed by atoms with Crippen LogP contribution in [0.25, 0.3) is 11.0 Å². The largest absolute Gasteiger partial charge is 0.480 e. The number of carbonyl (C=O) groups is 1. The second-order valence-corrected chi connectivity index (χ2v) is 3.52. The van der Waals surface area contributed by atoms with Crippen LogP contribution in [0, 0.1) is 0 Å². The van der Waals surface area contributed by atoms with Crippen molar-refractivity contribution in [3.8, 4) is 0 Å². The molecule has 0 saturated heterocycles. The van der Waals surface area contributed by atoms with Gasteiger partial charge in [0, 0.05) is 5.02 Å². The van der Waals surface area contributed by atoms with Gasteiger partial charge in [-0.05, 0) is 18.2 Å². The molecule has 3 N–H and O–H groups in total. The molecule has 2 rings (SSSR count). The van der Waals surface area contributed by atoms with Crippen LogP contribution in [0.1, 0.15) is 0 Å². The fraction of sp³-hybridized carbons (Fsp3) is 0.111. The standard InChI is InChI=1S/C9H8ClN3O2/c10-5-1-2-7-6(3-5)12-9(11)13(7)4-8(14)15/h1-3H,4H2,(H2,11,12)(H,14,15). The number of aliphatic carboxylic acids is 1. The number of benzene rings is 1. The van der Waals surface area contributed by atoms with Gasteiger partial charge in [0.2, 0.25) is 5.95 Å². The van der Waals surface area contributed by atoms with E-state index in [9.17, 15) is 4.79 Å². The molecule has 5 nitrogen and oxygen atoms in total. The zero-order chi connectivity index (χ0) is 11.0. The molecule has 6 heteroatoms. The number of nitrogens with two attached hydrogens (primary N) is 1. The zero-order valence-electron chi connectivity index (χ0n) is 7.64. The summed E-state index contributed by atoms with van der Waals surface area (Å²) in [4.78, 5) is 14.6. The van der Waals surface area contributed by atoms with Gasteiger partial charge in [0.15, 0.2) is 0 Å². The van der Waals surface area contributed by atoms with E-state index in [0.717, 1.165) is 0 Å². The number of hydrogen-bond donors (Lipinski definition) is 2. The first-order chi connectivity index (χ1) is 7.08. The lowest BCUT2D eigenvalue weighted by Crippen LogP contribution is -2.11. The first-order valence-corrected chi connectivity index (χ1v) is 4.59. The minimum absolute atomic E-state index is 0.176. The Morgan fingerprint density at radius 1 is 1.60 bits per heavy atom. The van der Waals surface area contributed by atoms with Gasteiger partial charge in [0.05, 0.1) is 11.0 Å². The van der Waals surface area contributed by atoms with Crippen molar-refractivity contribution in [2.45, 2.75) is 6.54 Å². The van der Waals surface area contributed by atoms with Crippen molar-refractivity contribution in [2.24, 2.45) is 0 Å². The van der Waals surface area contributed by atoms with Crippen LogP contribution in [-0.4, -0.2) is 20.6 Å². The summed E-state index contributed by atoms with van der Waals surface area (Å²) < 4.78 is 1.42. The van der Waals surface area contributed by atoms with E-state index in [1.807, 2.05) is 0 Å². The van der Waals surface area contributed by atoms with Crippen molar-refractivity contribution in [2.75, 3.05) is 5.73 Å². The van der Waals surface area contributed by atoms with E-state index >= 15 is 0 Å². The molecule has 2 aromatic rings. The highest BCUT2D eigenvalue weighted by molar-refractivity contribution is 6.31. The molecule has 0 spiro atoms. The number of fused-ring (bicyclic) bond motifs is 1. The first kappa shape index (κ1) is 9.79. The van der Waals surface area contributed by atoms with Crippen LogP contribution >= 0.6 is 11.6 Å². The molecular weight excluding hydrogens is 218 g/mol. The molecule has 0 saturated carbocycles. The van der Waals surface area contributed by atoms with E-state index in [-0.39, 0.29) is 12.5 Å². The minimum Gasteiger partial charge on any atom is -0.480 e. The van der Waals surface area contributed by atoms with E-state index in [0.29, 0.717) is 16.1 Å². The molecule has 0 aliphatic heterocycles. The second kappa shape index (κ2) is 3.43. The Morgan fingerprint density at radius 3 is 3.00 bits per heavy atom. The van der Waals surface area contributed by atoms with Crippen molar-refractivity contribution in [1.82, 2.24) is 9.55 Å². The third-order valence-corrected chi connectivity index (χ3v) is 2.27. The normalized spacial score (nSPS) is 10.7. The van der Waals surface area contributed by atoms with E-state index in [4.69, 9.17) is 22.4 Å². The van der Waals surface area contributed by atoms with Gasteiger partial charge in [0.25, 0.3) is 0 Å². The van der Waals surface area contributed by atoms with Crippen LogP contribution in [0.4, 0.5) is 5.95 Å². The number of imidazole rings is 1. The molecule has 1 aromatic heterocycles. The Morgan fingerprint density at radius 2 is 2.33 bits per heavy atom. The van der Waals surface area contributed by atoms with Crippen LogP contribution in [0.5, 0.6) is 0 Å². The summed E-state index contributed by atoms with van der Waals surface area (Å²) in [5.74, 6) is -0.786. The molecule has 0 amide bonds. The van der Waals surface area contributed by atoms with Gasteiger partial charge in [-0.25, -0.2) is 4.98 Å². The van der Waals surface area contributed by atoms with Gasteiger partial charge in [-0.1, -0.05) is 11.6 Å². The van der Waals surface area contributed by atoms with Crippen LogP contribution in [0.15, 0.2) is 18.2 Å². The van der Waals surface area contributed by atoms with Crippen LogP contribution in [0.3, 0.4) is 0 Å². The fourth-order valence-corrected chi connectivity index (χ4v) is 1.59. The lowest BCUT2D eigenvalue weighted by Gasteiger charge is -2.01. The number of anilines is 1. The van der Waals surface area contributed by atoms with Gasteiger partial charge in [-0.15, -0.1) is 0 Å². The Balaban J connectivity index is 2.63. The molecule has 0 radical (unpaired) electrons. The predicted octanol–water partition coefficient (Wildman–Crippen LogP) is 1.36. The quantitative estimate of drug-likeness (QED) is 0.809. The number of nitrogen functional groups attached to an aromatic ring is 1. The summed E-state index contributed by atoms with van der Waals surface area (Å²) in [5.41, 5.74) is 6.86. The number of hydrogen-bond acceptors (Lipinski definition) is 3. The van der Waals surface area contributed by atoms with E-state index in [2.05, 4.69) is 4.98 Å². The van der Waals surface area contributed by atoms with Gasteiger partial charge >= 0.3 is 5.97 Å². The molecule has 15 heavy (non-hydrogen) atoms. The van der Waals surface area contributed by atoms with Crippen LogP contribution < -0.4 is 5.73 Å². The molecule has 1 heterocycles. The summed E-state index contributed by atoms with van der Waals surface area (Å²) in [5, 5.41) is 9.24. The van der Waals surface area contributed by atoms with Crippen molar-refractivity contribution in [1.29, 1.82) is 0 Å². The number of rotatable bonds is 2. The summed E-state index contributed by atoms with van der Waals surface area (Å²) in [6, 6.07) is 5.01. The SMILES string of the molecule is Nc1nc2cc(Cl)ccc2n1CC(=O)O. The zero-order valence-corrected chi connectivity index (χ0v) is 8.40. The lowest BCUT2D eigenvalue weighted by atomic mass is 10.3.